The number of amides is 1. The molecule has 2 N–H and O–H groups in total. The number of para-hydroxylation sites is 1. The van der Waals surface area contributed by atoms with Crippen molar-refractivity contribution in [1.29, 1.82) is 0 Å². The molecule has 4 nitrogen and oxygen atoms in total. The molecule has 20 heavy (non-hydrogen) atoms. The van der Waals surface area contributed by atoms with Crippen LogP contribution in [0.1, 0.15) is 17.5 Å². The number of benzene rings is 2. The minimum atomic E-state index is -0.204. The zero-order valence-corrected chi connectivity index (χ0v) is 11.1. The SMILES string of the molecule is O=C(CCc1ccccc1O)NOCc1ccccc1. The van der Waals surface area contributed by atoms with Gasteiger partial charge in [-0.25, -0.2) is 5.48 Å². The summed E-state index contributed by atoms with van der Waals surface area (Å²) in [5, 5.41) is 9.59. The molecule has 2 aromatic carbocycles. The molecule has 0 spiro atoms. The standard InChI is InChI=1S/C16H17NO3/c18-15-9-5-4-8-14(15)10-11-16(19)17-20-12-13-6-2-1-3-7-13/h1-9,18H,10-12H2,(H,17,19). The third-order valence-electron chi connectivity index (χ3n) is 2.88. The maximum Gasteiger partial charge on any atom is 0.243 e. The van der Waals surface area contributed by atoms with Crippen LogP contribution in [0.2, 0.25) is 0 Å². The summed E-state index contributed by atoms with van der Waals surface area (Å²) in [7, 11) is 0. The number of aryl methyl sites for hydroxylation is 1. The molecule has 0 bridgehead atoms. The van der Waals surface area contributed by atoms with Crippen molar-refractivity contribution in [3.63, 3.8) is 0 Å². The number of nitrogens with one attached hydrogen (secondary N) is 1. The smallest absolute Gasteiger partial charge is 0.243 e. The van der Waals surface area contributed by atoms with Gasteiger partial charge in [-0.3, -0.25) is 9.63 Å². The van der Waals surface area contributed by atoms with Crippen molar-refractivity contribution in [3.8, 4) is 5.75 Å². The average Bonchev–Trinajstić information content (AvgIpc) is 2.47. The molecule has 0 radical (unpaired) electrons. The van der Waals surface area contributed by atoms with Crippen molar-refractivity contribution in [2.45, 2.75) is 19.4 Å². The molecule has 1 amide bonds. The van der Waals surface area contributed by atoms with Crippen molar-refractivity contribution in [2.24, 2.45) is 0 Å². The summed E-state index contributed by atoms with van der Waals surface area (Å²) >= 11 is 0. The van der Waals surface area contributed by atoms with Crippen LogP contribution < -0.4 is 5.48 Å². The van der Waals surface area contributed by atoms with E-state index in [9.17, 15) is 9.90 Å². The molecule has 0 aliphatic carbocycles. The number of carbonyl (C=O) groups excluding carboxylic acids is 1. The lowest BCUT2D eigenvalue weighted by molar-refractivity contribution is -0.134. The molecule has 2 rings (SSSR count). The highest BCUT2D eigenvalue weighted by Gasteiger charge is 2.05. The number of phenols is 1. The Labute approximate surface area is 118 Å². The quantitative estimate of drug-likeness (QED) is 0.794. The van der Waals surface area contributed by atoms with E-state index in [1.807, 2.05) is 36.4 Å². The summed E-state index contributed by atoms with van der Waals surface area (Å²) in [6.45, 7) is 0.336. The van der Waals surface area contributed by atoms with E-state index in [1.165, 1.54) is 0 Å². The van der Waals surface area contributed by atoms with Crippen LogP contribution in [0, 0.1) is 0 Å². The summed E-state index contributed by atoms with van der Waals surface area (Å²) in [5.74, 6) is 0.00897. The number of rotatable bonds is 6. The Bertz CT molecular complexity index is 555. The second-order valence-electron chi connectivity index (χ2n) is 4.43. The van der Waals surface area contributed by atoms with Crippen LogP contribution in [0.4, 0.5) is 0 Å². The van der Waals surface area contributed by atoms with Gasteiger partial charge in [-0.15, -0.1) is 0 Å². The lowest BCUT2D eigenvalue weighted by atomic mass is 10.1. The van der Waals surface area contributed by atoms with Crippen molar-refractivity contribution in [3.05, 3.63) is 65.7 Å². The molecule has 0 unspecified atom stereocenters. The van der Waals surface area contributed by atoms with Gasteiger partial charge >= 0.3 is 0 Å². The topological polar surface area (TPSA) is 58.6 Å². The third-order valence-corrected chi connectivity index (χ3v) is 2.88. The maximum atomic E-state index is 11.6. The van der Waals surface area contributed by atoms with Gasteiger partial charge in [-0.2, -0.15) is 0 Å². The monoisotopic (exact) mass is 271 g/mol. The molecule has 0 aliphatic rings. The number of hydrogen-bond donors (Lipinski definition) is 2. The predicted molar refractivity (Wildman–Crippen MR) is 75.8 cm³/mol. The average molecular weight is 271 g/mol. The van der Waals surface area contributed by atoms with Crippen LogP contribution in [0.5, 0.6) is 5.75 Å². The van der Waals surface area contributed by atoms with Crippen molar-refractivity contribution in [1.82, 2.24) is 5.48 Å². The minimum Gasteiger partial charge on any atom is -0.508 e. The summed E-state index contributed by atoms with van der Waals surface area (Å²) in [4.78, 5) is 16.7. The van der Waals surface area contributed by atoms with Crippen molar-refractivity contribution in [2.75, 3.05) is 0 Å². The molecule has 4 heteroatoms. The Morgan fingerprint density at radius 1 is 1.05 bits per heavy atom. The lowest BCUT2D eigenvalue weighted by Crippen LogP contribution is -2.23. The zero-order chi connectivity index (χ0) is 14.2. The Hall–Kier alpha value is -2.33. The molecule has 0 heterocycles. The van der Waals surface area contributed by atoms with Crippen LogP contribution in [-0.4, -0.2) is 11.0 Å². The van der Waals surface area contributed by atoms with Crippen LogP contribution in [0.3, 0.4) is 0 Å². The Kier molecular flexibility index (Phi) is 5.15. The second-order valence-corrected chi connectivity index (χ2v) is 4.43. The number of hydroxylamine groups is 1. The first-order valence-electron chi connectivity index (χ1n) is 6.47. The molecular formula is C16H17NO3. The molecule has 0 saturated carbocycles. The predicted octanol–water partition coefficient (Wildman–Crippen LogP) is 2.57. The van der Waals surface area contributed by atoms with Gasteiger partial charge in [0, 0.05) is 6.42 Å². The minimum absolute atomic E-state index is 0.204. The van der Waals surface area contributed by atoms with E-state index in [0.717, 1.165) is 11.1 Å². The molecule has 0 saturated heterocycles. The normalized spacial score (nSPS) is 10.2. The van der Waals surface area contributed by atoms with Gasteiger partial charge in [0.05, 0.1) is 6.61 Å². The molecule has 0 atom stereocenters. The van der Waals surface area contributed by atoms with Crippen molar-refractivity contribution >= 4 is 5.91 Å². The Balaban J connectivity index is 1.70. The van der Waals surface area contributed by atoms with Gasteiger partial charge in [0.15, 0.2) is 0 Å². The second kappa shape index (κ2) is 7.31. The number of aromatic hydroxyl groups is 1. The first-order valence-corrected chi connectivity index (χ1v) is 6.47. The van der Waals surface area contributed by atoms with Gasteiger partial charge < -0.3 is 5.11 Å². The highest BCUT2D eigenvalue weighted by atomic mass is 16.6. The molecule has 104 valence electrons. The summed E-state index contributed by atoms with van der Waals surface area (Å²) < 4.78 is 0. The molecule has 0 fully saturated rings. The van der Waals surface area contributed by atoms with Crippen LogP contribution in [0.15, 0.2) is 54.6 Å². The Morgan fingerprint density at radius 3 is 2.50 bits per heavy atom. The summed E-state index contributed by atoms with van der Waals surface area (Å²) in [6, 6.07) is 16.6. The molecule has 0 aliphatic heterocycles. The summed E-state index contributed by atoms with van der Waals surface area (Å²) in [5.41, 5.74) is 4.15. The van der Waals surface area contributed by atoms with Crippen LogP contribution in [0.25, 0.3) is 0 Å². The Morgan fingerprint density at radius 2 is 1.75 bits per heavy atom. The van der Waals surface area contributed by atoms with E-state index in [0.29, 0.717) is 13.0 Å². The third kappa shape index (κ3) is 4.40. The van der Waals surface area contributed by atoms with Gasteiger partial charge in [-0.1, -0.05) is 48.5 Å². The van der Waals surface area contributed by atoms with Gasteiger partial charge in [0.1, 0.15) is 5.75 Å². The van der Waals surface area contributed by atoms with Crippen molar-refractivity contribution < 1.29 is 14.7 Å². The van der Waals surface area contributed by atoms with E-state index in [4.69, 9.17) is 4.84 Å². The summed E-state index contributed by atoms with van der Waals surface area (Å²) in [6.07, 6.45) is 0.750. The fraction of sp³-hybridized carbons (Fsp3) is 0.188. The highest BCUT2D eigenvalue weighted by Crippen LogP contribution is 2.16. The fourth-order valence-corrected chi connectivity index (χ4v) is 1.80. The number of hydrogen-bond acceptors (Lipinski definition) is 3. The number of carbonyl (C=O) groups is 1. The first-order chi connectivity index (χ1) is 9.75. The van der Waals surface area contributed by atoms with Gasteiger partial charge in [0.25, 0.3) is 0 Å². The first kappa shape index (κ1) is 14.1. The molecule has 2 aromatic rings. The lowest BCUT2D eigenvalue weighted by Gasteiger charge is -2.07. The largest absolute Gasteiger partial charge is 0.508 e. The maximum absolute atomic E-state index is 11.6. The van der Waals surface area contributed by atoms with Crippen LogP contribution >= 0.6 is 0 Å². The van der Waals surface area contributed by atoms with E-state index in [2.05, 4.69) is 5.48 Å². The fourth-order valence-electron chi connectivity index (χ4n) is 1.80. The molecular weight excluding hydrogens is 254 g/mol. The van der Waals surface area contributed by atoms with E-state index in [1.54, 1.807) is 18.2 Å². The number of phenolic OH excluding ortho intramolecular Hbond substituents is 1. The molecule has 0 aromatic heterocycles. The highest BCUT2D eigenvalue weighted by molar-refractivity contribution is 5.75. The van der Waals surface area contributed by atoms with Gasteiger partial charge in [0.2, 0.25) is 5.91 Å². The van der Waals surface area contributed by atoms with Crippen LogP contribution in [-0.2, 0) is 22.7 Å². The zero-order valence-electron chi connectivity index (χ0n) is 11.1. The van der Waals surface area contributed by atoms with E-state index >= 15 is 0 Å². The van der Waals surface area contributed by atoms with E-state index < -0.39 is 0 Å². The van der Waals surface area contributed by atoms with E-state index in [-0.39, 0.29) is 18.1 Å². The van der Waals surface area contributed by atoms with Gasteiger partial charge in [-0.05, 0) is 23.6 Å².